The van der Waals surface area contributed by atoms with Crippen LogP contribution in [-0.2, 0) is 17.9 Å². The van der Waals surface area contributed by atoms with Gasteiger partial charge in [-0.1, -0.05) is 11.8 Å². The maximum atomic E-state index is 13.2. The number of benzene rings is 1. The predicted molar refractivity (Wildman–Crippen MR) is 109 cm³/mol. The van der Waals surface area contributed by atoms with Gasteiger partial charge in [0.05, 0.1) is 19.7 Å². The molecule has 1 amide bonds. The zero-order chi connectivity index (χ0) is 20.0. The molecule has 3 aromatic rings. The molecule has 9 heteroatoms. The third kappa shape index (κ3) is 2.90. The Morgan fingerprint density at radius 1 is 1.29 bits per heavy atom. The first-order valence-corrected chi connectivity index (χ1v) is 10.0. The van der Waals surface area contributed by atoms with Crippen molar-refractivity contribution in [3.8, 4) is 11.5 Å². The molecule has 0 saturated carbocycles. The van der Waals surface area contributed by atoms with Crippen molar-refractivity contribution in [1.29, 1.82) is 0 Å². The van der Waals surface area contributed by atoms with E-state index in [1.807, 2.05) is 19.9 Å². The number of carbonyl (C=O) groups is 1. The lowest BCUT2D eigenvalue weighted by atomic mass is 10.2. The third-order valence-corrected chi connectivity index (χ3v) is 5.68. The van der Waals surface area contributed by atoms with E-state index in [-0.39, 0.29) is 24.1 Å². The molecular formula is C19H22N4O4S. The Morgan fingerprint density at radius 3 is 2.68 bits per heavy atom. The second-order valence-electron chi connectivity index (χ2n) is 6.93. The fraction of sp³-hybridized carbons (Fsp3) is 0.421. The molecule has 0 aliphatic carbocycles. The number of nitrogens with one attached hydrogen (secondary N) is 1. The van der Waals surface area contributed by atoms with E-state index in [1.54, 1.807) is 41.2 Å². The van der Waals surface area contributed by atoms with E-state index in [2.05, 4.69) is 5.32 Å². The number of amides is 1. The number of thioether (sulfide) groups is 1. The summed E-state index contributed by atoms with van der Waals surface area (Å²) >= 11 is 1.56. The van der Waals surface area contributed by atoms with Gasteiger partial charge in [-0.25, -0.2) is 4.98 Å². The maximum Gasteiger partial charge on any atom is 0.278 e. The number of methoxy groups -OCH3 is 2. The van der Waals surface area contributed by atoms with Crippen molar-refractivity contribution in [2.45, 2.75) is 38.1 Å². The van der Waals surface area contributed by atoms with Gasteiger partial charge in [0.2, 0.25) is 5.91 Å². The topological polar surface area (TPSA) is 87.4 Å². The summed E-state index contributed by atoms with van der Waals surface area (Å²) in [7, 11) is 3.12. The van der Waals surface area contributed by atoms with Crippen LogP contribution in [0.1, 0.15) is 13.8 Å². The number of nitrogens with zero attached hydrogens (tertiary/aromatic N) is 3. The zero-order valence-corrected chi connectivity index (χ0v) is 17.1. The molecule has 1 N–H and O–H groups in total. The van der Waals surface area contributed by atoms with Gasteiger partial charge in [-0.15, -0.1) is 0 Å². The SMILES string of the molecule is COc1cc2c3nc4n(c(=O)c3n(CC(=O)NC(C)C)c2cc1OC)CCS4. The summed E-state index contributed by atoms with van der Waals surface area (Å²) in [6.45, 7) is 4.45. The molecule has 0 spiro atoms. The average molecular weight is 402 g/mol. The average Bonchev–Trinajstić information content (AvgIpc) is 3.24. The van der Waals surface area contributed by atoms with E-state index in [1.165, 1.54) is 0 Å². The van der Waals surface area contributed by atoms with Crippen LogP contribution in [-0.4, -0.2) is 46.0 Å². The minimum Gasteiger partial charge on any atom is -0.493 e. The Labute approximate surface area is 165 Å². The normalized spacial score (nSPS) is 13.3. The highest BCUT2D eigenvalue weighted by molar-refractivity contribution is 7.99. The van der Waals surface area contributed by atoms with Crippen LogP contribution < -0.4 is 20.3 Å². The largest absolute Gasteiger partial charge is 0.493 e. The van der Waals surface area contributed by atoms with Gasteiger partial charge in [0.15, 0.2) is 16.7 Å². The van der Waals surface area contributed by atoms with E-state index in [4.69, 9.17) is 14.5 Å². The smallest absolute Gasteiger partial charge is 0.278 e. The van der Waals surface area contributed by atoms with Crippen molar-refractivity contribution in [1.82, 2.24) is 19.4 Å². The van der Waals surface area contributed by atoms with Gasteiger partial charge in [-0.2, -0.15) is 0 Å². The molecule has 0 radical (unpaired) electrons. The highest BCUT2D eigenvalue weighted by atomic mass is 32.2. The van der Waals surface area contributed by atoms with Crippen LogP contribution in [0.5, 0.6) is 11.5 Å². The first-order chi connectivity index (χ1) is 13.4. The molecule has 0 fully saturated rings. The molecule has 3 heterocycles. The molecule has 1 aliphatic rings. The molecule has 2 aromatic heterocycles. The number of fused-ring (bicyclic) bond motifs is 4. The molecule has 0 unspecified atom stereocenters. The summed E-state index contributed by atoms with van der Waals surface area (Å²) in [4.78, 5) is 30.5. The van der Waals surface area contributed by atoms with Crippen LogP contribution in [0.3, 0.4) is 0 Å². The predicted octanol–water partition coefficient (Wildman–Crippen LogP) is 2.00. The Hall–Kier alpha value is -2.68. The second-order valence-corrected chi connectivity index (χ2v) is 7.99. The number of hydrogen-bond donors (Lipinski definition) is 1. The van der Waals surface area contributed by atoms with Gasteiger partial charge in [0, 0.05) is 29.8 Å². The van der Waals surface area contributed by atoms with Gasteiger partial charge < -0.3 is 19.4 Å². The zero-order valence-electron chi connectivity index (χ0n) is 16.2. The lowest BCUT2D eigenvalue weighted by molar-refractivity contribution is -0.122. The number of carbonyl (C=O) groups excluding carboxylic acids is 1. The number of aromatic nitrogens is 3. The van der Waals surface area contributed by atoms with Crippen LogP contribution in [0.15, 0.2) is 22.1 Å². The molecule has 1 aliphatic heterocycles. The van der Waals surface area contributed by atoms with Crippen LogP contribution in [0.25, 0.3) is 21.9 Å². The van der Waals surface area contributed by atoms with Crippen LogP contribution in [0, 0.1) is 0 Å². The van der Waals surface area contributed by atoms with Crippen LogP contribution in [0.2, 0.25) is 0 Å². The van der Waals surface area contributed by atoms with Crippen molar-refractivity contribution in [2.24, 2.45) is 0 Å². The molecule has 28 heavy (non-hydrogen) atoms. The Morgan fingerprint density at radius 2 is 2.00 bits per heavy atom. The van der Waals surface area contributed by atoms with E-state index in [0.717, 1.165) is 11.1 Å². The Kier molecular flexibility index (Phi) is 4.70. The summed E-state index contributed by atoms with van der Waals surface area (Å²) in [5.74, 6) is 1.74. The third-order valence-electron chi connectivity index (χ3n) is 4.73. The van der Waals surface area contributed by atoms with Crippen molar-refractivity contribution in [3.05, 3.63) is 22.5 Å². The number of hydrogen-bond acceptors (Lipinski definition) is 6. The molecule has 4 rings (SSSR count). The standard InChI is InChI=1S/C19H22N4O4S/c1-10(2)20-15(24)9-23-12-8-14(27-4)13(26-3)7-11(12)16-17(23)18(25)22-5-6-28-19(22)21-16/h7-8,10H,5-6,9H2,1-4H3,(H,20,24). The van der Waals surface area contributed by atoms with Gasteiger partial charge in [0.1, 0.15) is 17.6 Å². The summed E-state index contributed by atoms with van der Waals surface area (Å²) in [6.07, 6.45) is 0. The quantitative estimate of drug-likeness (QED) is 0.657. The van der Waals surface area contributed by atoms with E-state index < -0.39 is 0 Å². The first kappa shape index (κ1) is 18.7. The fourth-order valence-electron chi connectivity index (χ4n) is 3.57. The second kappa shape index (κ2) is 7.05. The Bertz CT molecular complexity index is 1150. The molecule has 1 aromatic carbocycles. The lowest BCUT2D eigenvalue weighted by Crippen LogP contribution is -2.33. The highest BCUT2D eigenvalue weighted by Gasteiger charge is 2.24. The van der Waals surface area contributed by atoms with E-state index >= 15 is 0 Å². The van der Waals surface area contributed by atoms with Crippen molar-refractivity contribution in [2.75, 3.05) is 20.0 Å². The monoisotopic (exact) mass is 402 g/mol. The summed E-state index contributed by atoms with van der Waals surface area (Å²) < 4.78 is 14.3. The minimum absolute atomic E-state index is 0.00934. The number of ether oxygens (including phenoxy) is 2. The molecule has 8 nitrogen and oxygen atoms in total. The summed E-state index contributed by atoms with van der Waals surface area (Å²) in [6, 6.07) is 3.62. The Balaban J connectivity index is 2.05. The van der Waals surface area contributed by atoms with E-state index in [0.29, 0.717) is 39.8 Å². The molecule has 148 valence electrons. The minimum atomic E-state index is -0.164. The van der Waals surface area contributed by atoms with Crippen molar-refractivity contribution in [3.63, 3.8) is 0 Å². The molecule has 0 atom stereocenters. The summed E-state index contributed by atoms with van der Waals surface area (Å²) in [5.41, 5.74) is 1.59. The van der Waals surface area contributed by atoms with Crippen LogP contribution in [0.4, 0.5) is 0 Å². The molecule has 0 bridgehead atoms. The van der Waals surface area contributed by atoms with Crippen molar-refractivity contribution >= 4 is 39.6 Å². The van der Waals surface area contributed by atoms with E-state index in [9.17, 15) is 9.59 Å². The lowest BCUT2D eigenvalue weighted by Gasteiger charge is -2.12. The highest BCUT2D eigenvalue weighted by Crippen LogP contribution is 2.37. The molecular weight excluding hydrogens is 380 g/mol. The molecule has 0 saturated heterocycles. The number of rotatable bonds is 5. The fourth-order valence-corrected chi connectivity index (χ4v) is 4.51. The van der Waals surface area contributed by atoms with Gasteiger partial charge in [-0.05, 0) is 19.9 Å². The van der Waals surface area contributed by atoms with Crippen LogP contribution >= 0.6 is 11.8 Å². The van der Waals surface area contributed by atoms with Gasteiger partial charge in [-0.3, -0.25) is 14.2 Å². The summed E-state index contributed by atoms with van der Waals surface area (Å²) in [5, 5.41) is 4.35. The van der Waals surface area contributed by atoms with Gasteiger partial charge in [0.25, 0.3) is 5.56 Å². The van der Waals surface area contributed by atoms with Gasteiger partial charge >= 0.3 is 0 Å². The van der Waals surface area contributed by atoms with Crippen molar-refractivity contribution < 1.29 is 14.3 Å². The first-order valence-electron chi connectivity index (χ1n) is 9.05. The maximum absolute atomic E-state index is 13.2.